The molecule has 5 nitrogen and oxygen atoms in total. The average Bonchev–Trinajstić information content (AvgIpc) is 3.30. The van der Waals surface area contributed by atoms with E-state index in [0.29, 0.717) is 19.4 Å². The molecule has 0 saturated heterocycles. The van der Waals surface area contributed by atoms with Crippen LogP contribution in [-0.4, -0.2) is 37.9 Å². The van der Waals surface area contributed by atoms with Crippen LogP contribution in [0.2, 0.25) is 0 Å². The largest absolute Gasteiger partial charge is 0.462 e. The zero-order chi connectivity index (χ0) is 46.3. The SMILES string of the molecule is CC/C=C\C/C=C\C/C=C\C/C=C\C/C=C\CCCC(=O)OCC(COCCCCCCC/C=C\C/C=C\C/C=C\C/C=C\CC)OC(=O)CCCCCCC/C=C\CCCCCC. The van der Waals surface area contributed by atoms with E-state index in [0.717, 1.165) is 116 Å². The van der Waals surface area contributed by atoms with E-state index in [4.69, 9.17) is 14.2 Å². The van der Waals surface area contributed by atoms with Crippen LogP contribution in [0.5, 0.6) is 0 Å². The highest BCUT2D eigenvalue weighted by atomic mass is 16.6. The number of carbonyl (C=O) groups excluding carboxylic acids is 2. The van der Waals surface area contributed by atoms with Gasteiger partial charge in [0, 0.05) is 19.4 Å². The summed E-state index contributed by atoms with van der Waals surface area (Å²) >= 11 is 0. The van der Waals surface area contributed by atoms with E-state index in [1.54, 1.807) is 0 Å². The fourth-order valence-electron chi connectivity index (χ4n) is 6.65. The van der Waals surface area contributed by atoms with Crippen LogP contribution in [0.15, 0.2) is 122 Å². The van der Waals surface area contributed by atoms with Crippen molar-refractivity contribution in [3.8, 4) is 0 Å². The number of hydrogen-bond acceptors (Lipinski definition) is 5. The molecule has 0 spiro atoms. The fourth-order valence-corrected chi connectivity index (χ4v) is 6.65. The van der Waals surface area contributed by atoms with E-state index in [9.17, 15) is 9.59 Å². The summed E-state index contributed by atoms with van der Waals surface area (Å²) in [6, 6.07) is 0. The van der Waals surface area contributed by atoms with Gasteiger partial charge in [0.2, 0.25) is 0 Å². The molecule has 1 unspecified atom stereocenters. The van der Waals surface area contributed by atoms with Crippen molar-refractivity contribution in [3.63, 3.8) is 0 Å². The molecule has 5 heteroatoms. The molecule has 0 heterocycles. The first kappa shape index (κ1) is 60.3. The Bertz CT molecular complexity index is 1320. The minimum Gasteiger partial charge on any atom is -0.462 e. The van der Waals surface area contributed by atoms with Gasteiger partial charge in [-0.1, -0.05) is 200 Å². The van der Waals surface area contributed by atoms with Crippen LogP contribution in [0.3, 0.4) is 0 Å². The lowest BCUT2D eigenvalue weighted by molar-refractivity contribution is -0.163. The second kappa shape index (κ2) is 53.6. The van der Waals surface area contributed by atoms with E-state index in [1.165, 1.54) is 64.2 Å². The number of unbranched alkanes of at least 4 members (excludes halogenated alkanes) is 15. The minimum absolute atomic E-state index is 0.0374. The predicted octanol–water partition coefficient (Wildman–Crippen LogP) is 17.8. The summed E-state index contributed by atoms with van der Waals surface area (Å²) in [5.41, 5.74) is 0. The lowest BCUT2D eigenvalue weighted by Crippen LogP contribution is -2.30. The van der Waals surface area contributed by atoms with E-state index in [1.807, 2.05) is 0 Å². The smallest absolute Gasteiger partial charge is 0.306 e. The quantitative estimate of drug-likeness (QED) is 0.0346. The first-order valence-electron chi connectivity index (χ1n) is 26.1. The molecule has 0 rings (SSSR count). The number of ether oxygens (including phenoxy) is 3. The molecule has 0 fully saturated rings. The normalized spacial score (nSPS) is 13.2. The highest BCUT2D eigenvalue weighted by Gasteiger charge is 2.17. The monoisotopic (exact) mass is 885 g/mol. The van der Waals surface area contributed by atoms with Crippen molar-refractivity contribution in [3.05, 3.63) is 122 Å². The minimum atomic E-state index is -0.581. The van der Waals surface area contributed by atoms with E-state index < -0.39 is 6.10 Å². The molecular weight excluding hydrogens is 789 g/mol. The van der Waals surface area contributed by atoms with Crippen molar-refractivity contribution in [1.29, 1.82) is 0 Å². The molecule has 0 aliphatic heterocycles. The Morgan fingerprint density at radius 2 is 0.719 bits per heavy atom. The van der Waals surface area contributed by atoms with Crippen molar-refractivity contribution in [2.45, 2.75) is 219 Å². The van der Waals surface area contributed by atoms with Crippen LogP contribution in [0.1, 0.15) is 213 Å². The number of esters is 2. The second-order valence-corrected chi connectivity index (χ2v) is 16.7. The number of rotatable bonds is 46. The topological polar surface area (TPSA) is 61.8 Å². The molecular formula is C59H96O5. The Morgan fingerprint density at radius 3 is 1.19 bits per heavy atom. The van der Waals surface area contributed by atoms with E-state index in [-0.39, 0.29) is 25.2 Å². The third-order valence-electron chi connectivity index (χ3n) is 10.5. The Hall–Kier alpha value is -3.70. The van der Waals surface area contributed by atoms with Crippen molar-refractivity contribution in [1.82, 2.24) is 0 Å². The van der Waals surface area contributed by atoms with Gasteiger partial charge in [-0.3, -0.25) is 9.59 Å². The van der Waals surface area contributed by atoms with Gasteiger partial charge in [-0.15, -0.1) is 0 Å². The summed E-state index contributed by atoms with van der Waals surface area (Å²) in [4.78, 5) is 25.4. The molecule has 362 valence electrons. The van der Waals surface area contributed by atoms with Crippen molar-refractivity contribution < 1.29 is 23.8 Å². The zero-order valence-electron chi connectivity index (χ0n) is 41.5. The molecule has 0 saturated carbocycles. The highest BCUT2D eigenvalue weighted by molar-refractivity contribution is 5.70. The summed E-state index contributed by atoms with van der Waals surface area (Å²) < 4.78 is 17.3. The van der Waals surface area contributed by atoms with Crippen molar-refractivity contribution in [2.24, 2.45) is 0 Å². The Balaban J connectivity index is 4.43. The number of carbonyl (C=O) groups is 2. The lowest BCUT2D eigenvalue weighted by atomic mass is 10.1. The highest BCUT2D eigenvalue weighted by Crippen LogP contribution is 2.12. The van der Waals surface area contributed by atoms with Crippen molar-refractivity contribution in [2.75, 3.05) is 19.8 Å². The summed E-state index contributed by atoms with van der Waals surface area (Å²) in [6.07, 6.45) is 75.0. The molecule has 64 heavy (non-hydrogen) atoms. The molecule has 0 bridgehead atoms. The van der Waals surface area contributed by atoms with Gasteiger partial charge < -0.3 is 14.2 Å². The molecule has 0 aromatic heterocycles. The zero-order valence-corrected chi connectivity index (χ0v) is 41.5. The maximum Gasteiger partial charge on any atom is 0.306 e. The summed E-state index contributed by atoms with van der Waals surface area (Å²) in [5, 5.41) is 0. The van der Waals surface area contributed by atoms with Gasteiger partial charge in [-0.05, 0) is 122 Å². The van der Waals surface area contributed by atoms with Gasteiger partial charge in [0.25, 0.3) is 0 Å². The first-order valence-corrected chi connectivity index (χ1v) is 26.1. The number of hydrogen-bond donors (Lipinski definition) is 0. The van der Waals surface area contributed by atoms with Gasteiger partial charge in [0.05, 0.1) is 6.61 Å². The van der Waals surface area contributed by atoms with Gasteiger partial charge in [-0.25, -0.2) is 0 Å². The molecule has 0 aliphatic carbocycles. The second-order valence-electron chi connectivity index (χ2n) is 16.7. The Morgan fingerprint density at radius 1 is 0.359 bits per heavy atom. The molecule has 0 radical (unpaired) electrons. The van der Waals surface area contributed by atoms with Gasteiger partial charge in [-0.2, -0.15) is 0 Å². The molecule has 0 aliphatic rings. The molecule has 0 amide bonds. The first-order chi connectivity index (χ1) is 31.6. The van der Waals surface area contributed by atoms with Crippen LogP contribution in [0.4, 0.5) is 0 Å². The molecule has 0 N–H and O–H groups in total. The van der Waals surface area contributed by atoms with Crippen LogP contribution >= 0.6 is 0 Å². The van der Waals surface area contributed by atoms with Crippen LogP contribution in [0, 0.1) is 0 Å². The average molecular weight is 885 g/mol. The summed E-state index contributed by atoms with van der Waals surface area (Å²) in [6.45, 7) is 7.46. The Labute approximate surface area is 395 Å². The maximum atomic E-state index is 12.8. The van der Waals surface area contributed by atoms with Gasteiger partial charge in [0.15, 0.2) is 6.10 Å². The molecule has 0 aromatic carbocycles. The van der Waals surface area contributed by atoms with E-state index >= 15 is 0 Å². The predicted molar refractivity (Wildman–Crippen MR) is 279 cm³/mol. The molecule has 1 atom stereocenters. The Kier molecular flexibility index (Phi) is 50.5. The lowest BCUT2D eigenvalue weighted by Gasteiger charge is -2.18. The van der Waals surface area contributed by atoms with Gasteiger partial charge >= 0.3 is 11.9 Å². The molecule has 0 aromatic rings. The fraction of sp³-hybridized carbons (Fsp3) is 0.627. The van der Waals surface area contributed by atoms with Gasteiger partial charge in [0.1, 0.15) is 6.61 Å². The van der Waals surface area contributed by atoms with Crippen LogP contribution < -0.4 is 0 Å². The third kappa shape index (κ3) is 50.9. The van der Waals surface area contributed by atoms with Crippen LogP contribution in [0.25, 0.3) is 0 Å². The van der Waals surface area contributed by atoms with Crippen LogP contribution in [-0.2, 0) is 23.8 Å². The summed E-state index contributed by atoms with van der Waals surface area (Å²) in [7, 11) is 0. The summed E-state index contributed by atoms with van der Waals surface area (Å²) in [5.74, 6) is -0.493. The maximum absolute atomic E-state index is 12.8. The van der Waals surface area contributed by atoms with E-state index in [2.05, 4.69) is 142 Å². The van der Waals surface area contributed by atoms with Crippen molar-refractivity contribution >= 4 is 11.9 Å². The third-order valence-corrected chi connectivity index (χ3v) is 10.5. The standard InChI is InChI=1S/C59H96O5/c1-4-7-10-13-16-19-22-25-27-29-31-33-36-39-42-45-48-51-54-62-55-57(64-59(61)53-50-47-44-41-38-34-24-21-18-15-12-9-6-3)56-63-58(60)52-49-46-43-40-37-35-32-30-28-26-23-20-17-14-11-8-5-2/h7-8,10-11,16-17,19-21,24-28,31-33,35,40,43,57H,4-6,9,12-15,18,22-23,29-30,34,36-39,41-42,44-56H2,1-3H3/b10-7-,11-8-,19-16-,20-17-,24-21-,27-25-,28-26-,33-31-,35-32-,43-40-. The number of allylic oxidation sites excluding steroid dienone is 20.